The zero-order valence-electron chi connectivity index (χ0n) is 11.6. The zero-order valence-corrected chi connectivity index (χ0v) is 12.3. The normalized spacial score (nSPS) is 10.6. The lowest BCUT2D eigenvalue weighted by Gasteiger charge is -2.25. The summed E-state index contributed by atoms with van der Waals surface area (Å²) in [6, 6.07) is 2.46. The first kappa shape index (κ1) is 15.4. The molecule has 0 N–H and O–H groups in total. The standard InChI is InChI=1S/C12H18ClN5O/c1-8(2)18(7-5-6-14)11-15-10(13)16-12(17-11)19-9(3)4/h8-9H,5,7H2,1-4H3. The van der Waals surface area contributed by atoms with Gasteiger partial charge < -0.3 is 9.64 Å². The Kier molecular flexibility index (Phi) is 5.77. The molecule has 104 valence electrons. The maximum Gasteiger partial charge on any atom is 0.322 e. The minimum atomic E-state index is -0.0436. The highest BCUT2D eigenvalue weighted by Crippen LogP contribution is 2.18. The maximum atomic E-state index is 8.69. The van der Waals surface area contributed by atoms with Gasteiger partial charge in [-0.05, 0) is 39.3 Å². The van der Waals surface area contributed by atoms with E-state index in [1.54, 1.807) is 0 Å². The van der Waals surface area contributed by atoms with Crippen LogP contribution in [0.1, 0.15) is 34.1 Å². The highest BCUT2D eigenvalue weighted by Gasteiger charge is 2.16. The SMILES string of the molecule is CC(C)Oc1nc(Cl)nc(N(CCC#N)C(C)C)n1. The Hall–Kier alpha value is -1.61. The Bertz CT molecular complexity index is 458. The molecule has 1 rings (SSSR count). The van der Waals surface area contributed by atoms with Gasteiger partial charge in [-0.15, -0.1) is 0 Å². The van der Waals surface area contributed by atoms with Crippen LogP contribution in [0.5, 0.6) is 6.01 Å². The Balaban J connectivity index is 3.02. The van der Waals surface area contributed by atoms with E-state index < -0.39 is 0 Å². The Morgan fingerprint density at radius 2 is 1.95 bits per heavy atom. The molecule has 0 aliphatic rings. The van der Waals surface area contributed by atoms with Gasteiger partial charge in [0.05, 0.1) is 18.6 Å². The number of nitriles is 1. The molecule has 0 amide bonds. The van der Waals surface area contributed by atoms with E-state index in [1.807, 2.05) is 32.6 Å². The van der Waals surface area contributed by atoms with E-state index in [2.05, 4.69) is 21.0 Å². The van der Waals surface area contributed by atoms with Crippen molar-refractivity contribution in [3.8, 4) is 12.1 Å². The van der Waals surface area contributed by atoms with Gasteiger partial charge in [-0.2, -0.15) is 20.2 Å². The van der Waals surface area contributed by atoms with Crippen LogP contribution in [0.15, 0.2) is 0 Å². The third-order valence-corrected chi connectivity index (χ3v) is 2.43. The molecule has 1 heterocycles. The van der Waals surface area contributed by atoms with Gasteiger partial charge in [0.15, 0.2) is 0 Å². The largest absolute Gasteiger partial charge is 0.461 e. The molecule has 0 radical (unpaired) electrons. The van der Waals surface area contributed by atoms with Crippen LogP contribution in [-0.4, -0.2) is 33.6 Å². The summed E-state index contributed by atoms with van der Waals surface area (Å²) in [5.41, 5.74) is 0. The second-order valence-corrected chi connectivity index (χ2v) is 4.89. The van der Waals surface area contributed by atoms with E-state index in [9.17, 15) is 0 Å². The van der Waals surface area contributed by atoms with Crippen molar-refractivity contribution in [3.05, 3.63) is 5.28 Å². The van der Waals surface area contributed by atoms with Gasteiger partial charge in [0, 0.05) is 12.6 Å². The van der Waals surface area contributed by atoms with Gasteiger partial charge >= 0.3 is 6.01 Å². The second kappa shape index (κ2) is 7.10. The molecule has 0 aromatic carbocycles. The van der Waals surface area contributed by atoms with Crippen molar-refractivity contribution in [2.75, 3.05) is 11.4 Å². The average Bonchev–Trinajstić information content (AvgIpc) is 2.27. The molecule has 6 nitrogen and oxygen atoms in total. The lowest BCUT2D eigenvalue weighted by atomic mass is 10.3. The van der Waals surface area contributed by atoms with Gasteiger partial charge in [-0.1, -0.05) is 0 Å². The van der Waals surface area contributed by atoms with Crippen molar-refractivity contribution in [1.29, 1.82) is 5.26 Å². The van der Waals surface area contributed by atoms with E-state index in [-0.39, 0.29) is 23.4 Å². The smallest absolute Gasteiger partial charge is 0.322 e. The van der Waals surface area contributed by atoms with Crippen LogP contribution in [-0.2, 0) is 0 Å². The number of hydrogen-bond donors (Lipinski definition) is 0. The Morgan fingerprint density at radius 3 is 2.47 bits per heavy atom. The van der Waals surface area contributed by atoms with Crippen LogP contribution in [0.2, 0.25) is 5.28 Å². The molecule has 1 aromatic heterocycles. The van der Waals surface area contributed by atoms with Crippen molar-refractivity contribution in [2.24, 2.45) is 0 Å². The first-order valence-corrected chi connectivity index (χ1v) is 6.53. The number of hydrogen-bond acceptors (Lipinski definition) is 6. The number of halogens is 1. The summed E-state index contributed by atoms with van der Waals surface area (Å²) < 4.78 is 5.43. The third kappa shape index (κ3) is 4.87. The molecule has 0 aliphatic heterocycles. The average molecular weight is 284 g/mol. The molecular weight excluding hydrogens is 266 g/mol. The lowest BCUT2D eigenvalue weighted by molar-refractivity contribution is 0.221. The fourth-order valence-electron chi connectivity index (χ4n) is 1.47. The van der Waals surface area contributed by atoms with Gasteiger partial charge in [0.1, 0.15) is 0 Å². The summed E-state index contributed by atoms with van der Waals surface area (Å²) in [7, 11) is 0. The highest BCUT2D eigenvalue weighted by molar-refractivity contribution is 6.28. The predicted molar refractivity (Wildman–Crippen MR) is 73.3 cm³/mol. The van der Waals surface area contributed by atoms with E-state index in [1.165, 1.54) is 0 Å². The summed E-state index contributed by atoms with van der Waals surface area (Å²) in [5.74, 6) is 0.431. The van der Waals surface area contributed by atoms with Crippen molar-refractivity contribution < 1.29 is 4.74 Å². The fourth-order valence-corrected chi connectivity index (χ4v) is 1.62. The van der Waals surface area contributed by atoms with E-state index >= 15 is 0 Å². The Morgan fingerprint density at radius 1 is 1.26 bits per heavy atom. The predicted octanol–water partition coefficient (Wildman–Crippen LogP) is 2.44. The minimum Gasteiger partial charge on any atom is -0.461 e. The van der Waals surface area contributed by atoms with Gasteiger partial charge in [-0.25, -0.2) is 0 Å². The summed E-state index contributed by atoms with van der Waals surface area (Å²) in [4.78, 5) is 14.1. The van der Waals surface area contributed by atoms with Crippen molar-refractivity contribution in [2.45, 2.75) is 46.3 Å². The van der Waals surface area contributed by atoms with Crippen LogP contribution in [0.25, 0.3) is 0 Å². The molecule has 0 saturated carbocycles. The molecule has 1 aromatic rings. The van der Waals surface area contributed by atoms with Crippen LogP contribution < -0.4 is 9.64 Å². The number of rotatable bonds is 6. The van der Waals surface area contributed by atoms with E-state index in [0.717, 1.165) is 0 Å². The number of ether oxygens (including phenoxy) is 1. The van der Waals surface area contributed by atoms with Gasteiger partial charge in [-0.3, -0.25) is 0 Å². The summed E-state index contributed by atoms with van der Waals surface area (Å²) in [6.45, 7) is 8.30. The number of nitrogens with zero attached hydrogens (tertiary/aromatic N) is 5. The molecule has 0 unspecified atom stereocenters. The Labute approximate surface area is 118 Å². The molecule has 0 bridgehead atoms. The molecule has 0 spiro atoms. The molecule has 7 heteroatoms. The molecule has 0 fully saturated rings. The first-order chi connectivity index (χ1) is 8.93. The third-order valence-electron chi connectivity index (χ3n) is 2.26. The van der Waals surface area contributed by atoms with Crippen molar-refractivity contribution in [1.82, 2.24) is 15.0 Å². The molecule has 0 atom stereocenters. The molecule has 19 heavy (non-hydrogen) atoms. The minimum absolute atomic E-state index is 0.0436. The van der Waals surface area contributed by atoms with Crippen molar-refractivity contribution >= 4 is 17.5 Å². The van der Waals surface area contributed by atoms with Gasteiger partial charge in [0.25, 0.3) is 0 Å². The number of aromatic nitrogens is 3. The quantitative estimate of drug-likeness (QED) is 0.798. The van der Waals surface area contributed by atoms with Crippen LogP contribution in [0, 0.1) is 11.3 Å². The van der Waals surface area contributed by atoms with E-state index in [4.69, 9.17) is 21.6 Å². The van der Waals surface area contributed by atoms with Crippen LogP contribution in [0.4, 0.5) is 5.95 Å². The fraction of sp³-hybridized carbons (Fsp3) is 0.667. The molecular formula is C12H18ClN5O. The first-order valence-electron chi connectivity index (χ1n) is 6.16. The summed E-state index contributed by atoms with van der Waals surface area (Å²) >= 11 is 5.88. The van der Waals surface area contributed by atoms with Crippen LogP contribution >= 0.6 is 11.6 Å². The molecule has 0 saturated heterocycles. The second-order valence-electron chi connectivity index (χ2n) is 4.55. The monoisotopic (exact) mass is 283 g/mol. The van der Waals surface area contributed by atoms with Gasteiger partial charge in [0.2, 0.25) is 11.2 Å². The highest BCUT2D eigenvalue weighted by atomic mass is 35.5. The summed E-state index contributed by atoms with van der Waals surface area (Å²) in [6.07, 6.45) is 0.347. The maximum absolute atomic E-state index is 8.69. The van der Waals surface area contributed by atoms with Crippen molar-refractivity contribution in [3.63, 3.8) is 0 Å². The lowest BCUT2D eigenvalue weighted by Crippen LogP contribution is -2.33. The summed E-state index contributed by atoms with van der Waals surface area (Å²) in [5, 5.41) is 8.78. The van der Waals surface area contributed by atoms with Crippen LogP contribution in [0.3, 0.4) is 0 Å². The van der Waals surface area contributed by atoms with E-state index in [0.29, 0.717) is 18.9 Å². The zero-order chi connectivity index (χ0) is 14.4. The topological polar surface area (TPSA) is 74.9 Å². The molecule has 0 aliphatic carbocycles. The number of anilines is 1.